The number of methoxy groups -OCH3 is 1. The van der Waals surface area contributed by atoms with Crippen LogP contribution < -0.4 is 19.9 Å². The quantitative estimate of drug-likeness (QED) is 0.443. The maximum absolute atomic E-state index is 5.26. The van der Waals surface area contributed by atoms with Gasteiger partial charge >= 0.3 is 0 Å². The first-order chi connectivity index (χ1) is 16.4. The van der Waals surface area contributed by atoms with Crippen molar-refractivity contribution in [1.82, 2.24) is 14.3 Å². The van der Waals surface area contributed by atoms with Crippen LogP contribution in [0.4, 0.5) is 23.3 Å². The van der Waals surface area contributed by atoms with E-state index < -0.39 is 0 Å². The van der Waals surface area contributed by atoms with Gasteiger partial charge in [-0.3, -0.25) is 0 Å². The molecule has 7 nitrogen and oxygen atoms in total. The molecule has 180 valence electrons. The van der Waals surface area contributed by atoms with Gasteiger partial charge in [0.2, 0.25) is 5.95 Å². The smallest absolute Gasteiger partial charge is 0.229 e. The van der Waals surface area contributed by atoms with Crippen LogP contribution >= 0.6 is 11.9 Å². The molecule has 0 amide bonds. The number of benzene rings is 2. The Hall–Kier alpha value is -2.97. The van der Waals surface area contributed by atoms with Gasteiger partial charge in [0, 0.05) is 55.9 Å². The zero-order valence-corrected chi connectivity index (χ0v) is 21.5. The molecule has 34 heavy (non-hydrogen) atoms. The van der Waals surface area contributed by atoms with E-state index in [1.165, 1.54) is 10.5 Å². The molecule has 0 spiro atoms. The van der Waals surface area contributed by atoms with Gasteiger partial charge in [0.25, 0.3) is 0 Å². The highest BCUT2D eigenvalue weighted by atomic mass is 32.2. The summed E-state index contributed by atoms with van der Waals surface area (Å²) in [5.74, 6) is 3.39. The molecule has 0 radical (unpaired) electrons. The van der Waals surface area contributed by atoms with Gasteiger partial charge in [-0.25, -0.2) is 4.31 Å². The number of aryl methyl sites for hydroxylation is 1. The third-order valence-electron chi connectivity index (χ3n) is 5.98. The first-order valence-electron chi connectivity index (χ1n) is 11.7. The van der Waals surface area contributed by atoms with Crippen LogP contribution in [0.15, 0.2) is 59.5 Å². The van der Waals surface area contributed by atoms with Gasteiger partial charge in [0.1, 0.15) is 17.4 Å². The van der Waals surface area contributed by atoms with E-state index in [2.05, 4.69) is 83.6 Å². The van der Waals surface area contributed by atoms with Crippen molar-refractivity contribution < 1.29 is 4.74 Å². The van der Waals surface area contributed by atoms with Gasteiger partial charge in [-0.2, -0.15) is 9.97 Å². The van der Waals surface area contributed by atoms with Crippen LogP contribution in [-0.2, 0) is 0 Å². The molecule has 1 saturated heterocycles. The summed E-state index contributed by atoms with van der Waals surface area (Å²) in [7, 11) is 3.77. The zero-order chi connectivity index (χ0) is 24.1. The van der Waals surface area contributed by atoms with Crippen molar-refractivity contribution in [1.29, 1.82) is 0 Å². The number of anilines is 4. The summed E-state index contributed by atoms with van der Waals surface area (Å²) < 4.78 is 7.66. The Labute approximate surface area is 207 Å². The van der Waals surface area contributed by atoms with Crippen LogP contribution in [0, 0.1) is 6.92 Å². The third-order valence-corrected chi connectivity index (χ3v) is 7.08. The predicted octanol–water partition coefficient (Wildman–Crippen LogP) is 5.21. The number of aromatic nitrogens is 2. The van der Waals surface area contributed by atoms with Crippen molar-refractivity contribution >= 4 is 35.2 Å². The summed E-state index contributed by atoms with van der Waals surface area (Å²) in [5, 5.41) is 3.47. The lowest BCUT2D eigenvalue weighted by atomic mass is 10.2. The van der Waals surface area contributed by atoms with Gasteiger partial charge in [0.05, 0.1) is 7.11 Å². The molecule has 1 aliphatic heterocycles. The van der Waals surface area contributed by atoms with Gasteiger partial charge in [-0.15, -0.1) is 0 Å². The lowest BCUT2D eigenvalue weighted by Gasteiger charge is -2.34. The molecule has 0 saturated carbocycles. The molecule has 0 bridgehead atoms. The molecule has 1 aromatic heterocycles. The second-order valence-corrected chi connectivity index (χ2v) is 9.96. The molecule has 2 heterocycles. The normalized spacial score (nSPS) is 14.4. The zero-order valence-electron chi connectivity index (χ0n) is 20.7. The molecule has 8 heteroatoms. The van der Waals surface area contributed by atoms with Crippen molar-refractivity contribution in [2.24, 2.45) is 0 Å². The topological polar surface area (TPSA) is 56.8 Å². The van der Waals surface area contributed by atoms with Crippen LogP contribution in [-0.4, -0.2) is 60.7 Å². The summed E-state index contributed by atoms with van der Waals surface area (Å²) in [6.07, 6.45) is 0. The van der Waals surface area contributed by atoms with E-state index in [1.807, 2.05) is 18.2 Å². The summed E-state index contributed by atoms with van der Waals surface area (Å²) in [5.41, 5.74) is 2.26. The van der Waals surface area contributed by atoms with E-state index >= 15 is 0 Å². The van der Waals surface area contributed by atoms with E-state index in [0.29, 0.717) is 6.04 Å². The minimum absolute atomic E-state index is 0.340. The second kappa shape index (κ2) is 11.0. The van der Waals surface area contributed by atoms with E-state index in [4.69, 9.17) is 14.7 Å². The molecular weight excluding hydrogens is 444 g/mol. The van der Waals surface area contributed by atoms with Gasteiger partial charge in [-0.1, -0.05) is 17.7 Å². The molecule has 2 aromatic carbocycles. The summed E-state index contributed by atoms with van der Waals surface area (Å²) >= 11 is 1.79. The maximum Gasteiger partial charge on any atom is 0.229 e. The van der Waals surface area contributed by atoms with Crippen molar-refractivity contribution in [3.63, 3.8) is 0 Å². The lowest BCUT2D eigenvalue weighted by Crippen LogP contribution is -2.44. The largest absolute Gasteiger partial charge is 0.497 e. The highest BCUT2D eigenvalue weighted by Crippen LogP contribution is 2.28. The number of nitrogens with zero attached hydrogens (tertiary/aromatic N) is 5. The SMILES string of the molecule is COc1ccc(SN2CCN(c3nc(Nc4ccc(C)cc4)cc(N(C)C(C)C)n3)CC2)cc1. The first kappa shape index (κ1) is 24.2. The number of piperazine rings is 1. The van der Waals surface area contributed by atoms with Crippen molar-refractivity contribution in [3.05, 3.63) is 60.2 Å². The molecule has 0 unspecified atom stereocenters. The standard InChI is InChI=1S/C26H34N6OS/c1-19(2)30(4)25-18-24(27-21-8-6-20(3)7-9-21)28-26(29-25)31-14-16-32(17-15-31)34-23-12-10-22(33-5)11-13-23/h6-13,18-19H,14-17H2,1-5H3,(H,27,28,29). The predicted molar refractivity (Wildman–Crippen MR) is 143 cm³/mol. The molecule has 1 aliphatic rings. The van der Waals surface area contributed by atoms with E-state index in [9.17, 15) is 0 Å². The van der Waals surface area contributed by atoms with Crippen molar-refractivity contribution in [3.8, 4) is 5.75 Å². The van der Waals surface area contributed by atoms with E-state index in [1.54, 1.807) is 19.1 Å². The van der Waals surface area contributed by atoms with Crippen LogP contribution in [0.2, 0.25) is 0 Å². The second-order valence-electron chi connectivity index (χ2n) is 8.79. The molecular formula is C26H34N6OS. The van der Waals surface area contributed by atoms with Crippen LogP contribution in [0.5, 0.6) is 5.75 Å². The van der Waals surface area contributed by atoms with Gasteiger partial charge in [-0.05, 0) is 69.1 Å². The van der Waals surface area contributed by atoms with Gasteiger partial charge < -0.3 is 19.9 Å². The Balaban J connectivity index is 1.47. The summed E-state index contributed by atoms with van der Waals surface area (Å²) in [6.45, 7) is 10.1. The number of rotatable bonds is 8. The fourth-order valence-electron chi connectivity index (χ4n) is 3.62. The average Bonchev–Trinajstić information content (AvgIpc) is 2.85. The maximum atomic E-state index is 5.26. The minimum atomic E-state index is 0.340. The molecule has 0 atom stereocenters. The molecule has 0 aliphatic carbocycles. The number of ether oxygens (including phenoxy) is 1. The van der Waals surface area contributed by atoms with E-state index in [0.717, 1.165) is 55.2 Å². The fraction of sp³-hybridized carbons (Fsp3) is 0.385. The fourth-order valence-corrected chi connectivity index (χ4v) is 4.52. The van der Waals surface area contributed by atoms with Gasteiger partial charge in [0.15, 0.2) is 0 Å². The van der Waals surface area contributed by atoms with E-state index in [-0.39, 0.29) is 0 Å². The molecule has 1 N–H and O–H groups in total. The highest BCUT2D eigenvalue weighted by Gasteiger charge is 2.22. The number of nitrogens with one attached hydrogen (secondary N) is 1. The third kappa shape index (κ3) is 6.12. The Kier molecular flexibility index (Phi) is 7.80. The van der Waals surface area contributed by atoms with Crippen molar-refractivity contribution in [2.45, 2.75) is 31.7 Å². The van der Waals surface area contributed by atoms with Crippen LogP contribution in [0.1, 0.15) is 19.4 Å². The highest BCUT2D eigenvalue weighted by molar-refractivity contribution is 7.97. The first-order valence-corrected chi connectivity index (χ1v) is 12.5. The monoisotopic (exact) mass is 478 g/mol. The number of hydrogen-bond donors (Lipinski definition) is 1. The Bertz CT molecular complexity index is 1070. The lowest BCUT2D eigenvalue weighted by molar-refractivity contribution is 0.414. The Morgan fingerprint density at radius 3 is 2.26 bits per heavy atom. The number of hydrogen-bond acceptors (Lipinski definition) is 8. The van der Waals surface area contributed by atoms with Crippen molar-refractivity contribution in [2.75, 3.05) is 55.5 Å². The average molecular weight is 479 g/mol. The minimum Gasteiger partial charge on any atom is -0.497 e. The summed E-state index contributed by atoms with van der Waals surface area (Å²) in [6, 6.07) is 19.0. The Morgan fingerprint density at radius 2 is 1.65 bits per heavy atom. The van der Waals surface area contributed by atoms with Crippen LogP contribution in [0.3, 0.4) is 0 Å². The molecule has 4 rings (SSSR count). The molecule has 3 aromatic rings. The Morgan fingerprint density at radius 1 is 0.971 bits per heavy atom. The molecule has 1 fully saturated rings. The summed E-state index contributed by atoms with van der Waals surface area (Å²) in [4.78, 5) is 15.5. The van der Waals surface area contributed by atoms with Crippen LogP contribution in [0.25, 0.3) is 0 Å².